The molecule has 0 aliphatic rings. The van der Waals surface area contributed by atoms with Crippen molar-refractivity contribution < 1.29 is 4.79 Å². The molecule has 1 rings (SSSR count). The van der Waals surface area contributed by atoms with Crippen LogP contribution in [0.3, 0.4) is 0 Å². The van der Waals surface area contributed by atoms with Crippen molar-refractivity contribution in [3.63, 3.8) is 0 Å². The summed E-state index contributed by atoms with van der Waals surface area (Å²) in [6.07, 6.45) is 0. The van der Waals surface area contributed by atoms with Gasteiger partial charge in [-0.25, -0.2) is 0 Å². The summed E-state index contributed by atoms with van der Waals surface area (Å²) in [5.41, 5.74) is 1.76. The molecule has 0 fully saturated rings. The van der Waals surface area contributed by atoms with Gasteiger partial charge in [-0.05, 0) is 25.5 Å². The Kier molecular flexibility index (Phi) is 3.27. The molecule has 0 aliphatic carbocycles. The van der Waals surface area contributed by atoms with Gasteiger partial charge in [-0.3, -0.25) is 4.79 Å². The van der Waals surface area contributed by atoms with Crippen LogP contribution >= 0.6 is 11.6 Å². The van der Waals surface area contributed by atoms with Crippen LogP contribution in [-0.4, -0.2) is 11.2 Å². The van der Waals surface area contributed by atoms with Gasteiger partial charge in [0.2, 0.25) is 0 Å². The molecule has 0 heterocycles. The zero-order valence-corrected chi connectivity index (χ0v) is 8.80. The van der Waals surface area contributed by atoms with E-state index < -0.39 is 5.38 Å². The maximum Gasteiger partial charge on any atom is 0.180 e. The van der Waals surface area contributed by atoms with E-state index in [2.05, 4.69) is 0 Å². The summed E-state index contributed by atoms with van der Waals surface area (Å²) in [5.74, 6) is -0.138. The molecule has 14 heavy (non-hydrogen) atoms. The highest BCUT2D eigenvalue weighted by Gasteiger charge is 2.15. The normalized spacial score (nSPS) is 11.9. The average Bonchev–Trinajstić information content (AvgIpc) is 2.17. The zero-order valence-electron chi connectivity index (χ0n) is 8.04. The Morgan fingerprint density at radius 3 is 2.71 bits per heavy atom. The van der Waals surface area contributed by atoms with Crippen molar-refractivity contribution in [3.8, 4) is 6.07 Å². The molecule has 1 unspecified atom stereocenters. The van der Waals surface area contributed by atoms with Crippen LogP contribution in [0.1, 0.15) is 28.4 Å². The molecule has 0 aromatic heterocycles. The summed E-state index contributed by atoms with van der Waals surface area (Å²) in [7, 11) is 0. The van der Waals surface area contributed by atoms with Crippen molar-refractivity contribution in [2.24, 2.45) is 0 Å². The van der Waals surface area contributed by atoms with Gasteiger partial charge in [-0.2, -0.15) is 5.26 Å². The Morgan fingerprint density at radius 2 is 2.21 bits per heavy atom. The summed E-state index contributed by atoms with van der Waals surface area (Å²) in [6, 6.07) is 7.10. The van der Waals surface area contributed by atoms with Crippen LogP contribution in [-0.2, 0) is 0 Å². The second kappa shape index (κ2) is 4.26. The maximum atomic E-state index is 11.6. The van der Waals surface area contributed by atoms with E-state index in [0.717, 1.165) is 0 Å². The number of ketones is 1. The fourth-order valence-corrected chi connectivity index (χ4v) is 1.36. The SMILES string of the molecule is Cc1c(C#N)cccc1C(=O)C(C)Cl. The second-order valence-corrected chi connectivity index (χ2v) is 3.72. The highest BCUT2D eigenvalue weighted by molar-refractivity contribution is 6.33. The summed E-state index contributed by atoms with van der Waals surface area (Å²) in [5, 5.41) is 8.22. The van der Waals surface area contributed by atoms with Gasteiger partial charge in [0.25, 0.3) is 0 Å². The molecule has 0 radical (unpaired) electrons. The first kappa shape index (κ1) is 10.7. The number of benzene rings is 1. The lowest BCUT2D eigenvalue weighted by Gasteiger charge is -2.06. The molecule has 0 saturated carbocycles. The summed E-state index contributed by atoms with van der Waals surface area (Å²) < 4.78 is 0. The first-order valence-corrected chi connectivity index (χ1v) is 4.69. The standard InChI is InChI=1S/C11H10ClNO/c1-7-9(6-13)4-3-5-10(7)11(14)8(2)12/h3-5,8H,1-2H3. The van der Waals surface area contributed by atoms with Crippen molar-refractivity contribution in [2.75, 3.05) is 0 Å². The second-order valence-electron chi connectivity index (χ2n) is 3.07. The summed E-state index contributed by atoms with van der Waals surface area (Å²) >= 11 is 5.70. The third-order valence-corrected chi connectivity index (χ3v) is 2.28. The van der Waals surface area contributed by atoms with Gasteiger partial charge in [-0.1, -0.05) is 12.1 Å². The van der Waals surface area contributed by atoms with E-state index in [1.165, 1.54) is 0 Å². The average molecular weight is 208 g/mol. The molecule has 1 atom stereocenters. The predicted molar refractivity (Wildman–Crippen MR) is 55.5 cm³/mol. The Balaban J connectivity index is 3.24. The minimum Gasteiger partial charge on any atom is -0.293 e. The lowest BCUT2D eigenvalue weighted by atomic mass is 9.99. The molecule has 0 bridgehead atoms. The predicted octanol–water partition coefficient (Wildman–Crippen LogP) is 2.68. The van der Waals surface area contributed by atoms with Gasteiger partial charge >= 0.3 is 0 Å². The number of carbonyl (C=O) groups is 1. The first-order valence-electron chi connectivity index (χ1n) is 4.26. The third kappa shape index (κ3) is 1.94. The van der Waals surface area contributed by atoms with Crippen molar-refractivity contribution >= 4 is 17.4 Å². The van der Waals surface area contributed by atoms with E-state index in [9.17, 15) is 4.79 Å². The number of Topliss-reactive ketones (excluding diaryl/α,β-unsaturated/α-hetero) is 1. The number of nitrogens with zero attached hydrogens (tertiary/aromatic N) is 1. The smallest absolute Gasteiger partial charge is 0.180 e. The molecule has 0 aliphatic heterocycles. The van der Waals surface area contributed by atoms with E-state index in [1.54, 1.807) is 32.0 Å². The van der Waals surface area contributed by atoms with Crippen LogP contribution in [0.15, 0.2) is 18.2 Å². The number of halogens is 1. The lowest BCUT2D eigenvalue weighted by Crippen LogP contribution is -2.12. The number of hydrogen-bond acceptors (Lipinski definition) is 2. The number of rotatable bonds is 2. The first-order chi connectivity index (χ1) is 6.57. The Labute approximate surface area is 88.1 Å². The van der Waals surface area contributed by atoms with Crippen molar-refractivity contribution in [2.45, 2.75) is 19.2 Å². The maximum absolute atomic E-state index is 11.6. The summed E-state index contributed by atoms with van der Waals surface area (Å²) in [4.78, 5) is 11.6. The number of nitriles is 1. The van der Waals surface area contributed by atoms with Gasteiger partial charge < -0.3 is 0 Å². The molecule has 0 saturated heterocycles. The molecule has 72 valence electrons. The minimum atomic E-state index is -0.553. The molecule has 2 nitrogen and oxygen atoms in total. The Bertz CT molecular complexity index is 404. The van der Waals surface area contributed by atoms with Crippen LogP contribution in [0.2, 0.25) is 0 Å². The van der Waals surface area contributed by atoms with Crippen LogP contribution in [0.4, 0.5) is 0 Å². The third-order valence-electron chi connectivity index (χ3n) is 2.08. The van der Waals surface area contributed by atoms with E-state index in [4.69, 9.17) is 16.9 Å². The molecule has 0 spiro atoms. The van der Waals surface area contributed by atoms with Gasteiger partial charge in [0.15, 0.2) is 5.78 Å². The van der Waals surface area contributed by atoms with E-state index in [0.29, 0.717) is 16.7 Å². The molecule has 0 amide bonds. The quantitative estimate of drug-likeness (QED) is 0.553. The van der Waals surface area contributed by atoms with Gasteiger partial charge in [-0.15, -0.1) is 11.6 Å². The van der Waals surface area contributed by atoms with Gasteiger partial charge in [0.05, 0.1) is 17.0 Å². The monoisotopic (exact) mass is 207 g/mol. The topological polar surface area (TPSA) is 40.9 Å². The zero-order chi connectivity index (χ0) is 10.7. The van der Waals surface area contributed by atoms with Crippen LogP contribution in [0, 0.1) is 18.3 Å². The van der Waals surface area contributed by atoms with Crippen LogP contribution in [0.5, 0.6) is 0 Å². The molecule has 1 aromatic carbocycles. The van der Waals surface area contributed by atoms with E-state index in [1.807, 2.05) is 6.07 Å². The molecule has 3 heteroatoms. The number of hydrogen-bond donors (Lipinski definition) is 0. The lowest BCUT2D eigenvalue weighted by molar-refractivity contribution is 0.0991. The summed E-state index contributed by atoms with van der Waals surface area (Å²) in [6.45, 7) is 3.38. The van der Waals surface area contributed by atoms with E-state index >= 15 is 0 Å². The number of carbonyl (C=O) groups excluding carboxylic acids is 1. The van der Waals surface area contributed by atoms with Crippen molar-refractivity contribution in [1.29, 1.82) is 5.26 Å². The highest BCUT2D eigenvalue weighted by atomic mass is 35.5. The Morgan fingerprint density at radius 1 is 1.57 bits per heavy atom. The van der Waals surface area contributed by atoms with Crippen molar-refractivity contribution in [1.82, 2.24) is 0 Å². The van der Waals surface area contributed by atoms with E-state index in [-0.39, 0.29) is 5.78 Å². The highest BCUT2D eigenvalue weighted by Crippen LogP contribution is 2.16. The fourth-order valence-electron chi connectivity index (χ4n) is 1.24. The van der Waals surface area contributed by atoms with Crippen LogP contribution in [0.25, 0.3) is 0 Å². The molecular formula is C11H10ClNO. The molecular weight excluding hydrogens is 198 g/mol. The van der Waals surface area contributed by atoms with Gasteiger partial charge in [0.1, 0.15) is 0 Å². The molecule has 0 N–H and O–H groups in total. The van der Waals surface area contributed by atoms with Gasteiger partial charge in [0, 0.05) is 5.56 Å². The molecule has 1 aromatic rings. The van der Waals surface area contributed by atoms with Crippen LogP contribution < -0.4 is 0 Å². The minimum absolute atomic E-state index is 0.138. The number of alkyl halides is 1. The van der Waals surface area contributed by atoms with Crippen molar-refractivity contribution in [3.05, 3.63) is 34.9 Å². The fraction of sp³-hybridized carbons (Fsp3) is 0.273. The largest absolute Gasteiger partial charge is 0.293 e. The Hall–Kier alpha value is -1.33.